The number of aliphatic hydroxyl groups is 1. The summed E-state index contributed by atoms with van der Waals surface area (Å²) < 4.78 is 5.29. The quantitative estimate of drug-likeness (QED) is 0.671. The predicted molar refractivity (Wildman–Crippen MR) is 59.0 cm³/mol. The van der Waals surface area contributed by atoms with Crippen LogP contribution in [0.5, 0.6) is 0 Å². The summed E-state index contributed by atoms with van der Waals surface area (Å²) in [6.45, 7) is 3.80. The molecule has 2 fully saturated rings. The van der Waals surface area contributed by atoms with E-state index >= 15 is 0 Å². The second kappa shape index (κ2) is 5.12. The lowest BCUT2D eigenvalue weighted by molar-refractivity contribution is -0.130. The van der Waals surface area contributed by atoms with E-state index in [1.165, 1.54) is 0 Å². The molecule has 0 bridgehead atoms. The van der Waals surface area contributed by atoms with Gasteiger partial charge in [0.25, 0.3) is 0 Å². The first-order valence-corrected chi connectivity index (χ1v) is 5.97. The van der Waals surface area contributed by atoms with Crippen molar-refractivity contribution in [1.82, 2.24) is 10.2 Å². The van der Waals surface area contributed by atoms with Gasteiger partial charge in [-0.2, -0.15) is 0 Å². The summed E-state index contributed by atoms with van der Waals surface area (Å²) in [5.41, 5.74) is 0. The van der Waals surface area contributed by atoms with E-state index in [4.69, 9.17) is 4.74 Å². The molecule has 2 atom stereocenters. The standard InChI is InChI=1S/C11H20N2O3/c1-8(11(15)12-9-2-3-9)13-4-5-16-7-10(13)6-14/h8-10,14H,2-7H2,1H3,(H,12,15). The highest BCUT2D eigenvalue weighted by Crippen LogP contribution is 2.19. The van der Waals surface area contributed by atoms with E-state index in [9.17, 15) is 9.90 Å². The lowest BCUT2D eigenvalue weighted by Gasteiger charge is -2.37. The third kappa shape index (κ3) is 2.72. The third-order valence-corrected chi connectivity index (χ3v) is 3.28. The van der Waals surface area contributed by atoms with E-state index in [0.29, 0.717) is 25.8 Å². The molecule has 2 rings (SSSR count). The van der Waals surface area contributed by atoms with Crippen molar-refractivity contribution < 1.29 is 14.6 Å². The average molecular weight is 228 g/mol. The van der Waals surface area contributed by atoms with Gasteiger partial charge in [0.1, 0.15) is 0 Å². The van der Waals surface area contributed by atoms with Gasteiger partial charge in [-0.1, -0.05) is 0 Å². The number of nitrogens with zero attached hydrogens (tertiary/aromatic N) is 1. The first kappa shape index (κ1) is 11.8. The number of carbonyl (C=O) groups is 1. The van der Waals surface area contributed by atoms with Crippen molar-refractivity contribution in [2.75, 3.05) is 26.4 Å². The first-order chi connectivity index (χ1) is 7.72. The Labute approximate surface area is 95.8 Å². The Balaban J connectivity index is 1.89. The Kier molecular flexibility index (Phi) is 3.78. The monoisotopic (exact) mass is 228 g/mol. The van der Waals surface area contributed by atoms with Crippen LogP contribution in [0.25, 0.3) is 0 Å². The molecule has 1 heterocycles. The summed E-state index contributed by atoms with van der Waals surface area (Å²) in [4.78, 5) is 13.9. The molecule has 2 N–H and O–H groups in total. The molecule has 0 aromatic rings. The highest BCUT2D eigenvalue weighted by Gasteiger charge is 2.32. The number of rotatable bonds is 4. The average Bonchev–Trinajstić information content (AvgIpc) is 3.11. The normalized spacial score (nSPS) is 28.8. The summed E-state index contributed by atoms with van der Waals surface area (Å²) in [6, 6.07) is 0.166. The zero-order valence-electron chi connectivity index (χ0n) is 9.69. The van der Waals surface area contributed by atoms with Crippen molar-refractivity contribution in [3.05, 3.63) is 0 Å². The number of hydrogen-bond donors (Lipinski definition) is 2. The third-order valence-electron chi connectivity index (χ3n) is 3.28. The van der Waals surface area contributed by atoms with Crippen LogP contribution in [0.1, 0.15) is 19.8 Å². The molecule has 0 spiro atoms. The fourth-order valence-electron chi connectivity index (χ4n) is 2.04. The number of carbonyl (C=O) groups excluding carboxylic acids is 1. The summed E-state index contributed by atoms with van der Waals surface area (Å²) in [5, 5.41) is 12.2. The maximum Gasteiger partial charge on any atom is 0.237 e. The Hall–Kier alpha value is -0.650. The van der Waals surface area contributed by atoms with Crippen molar-refractivity contribution in [2.24, 2.45) is 0 Å². The van der Waals surface area contributed by atoms with Gasteiger partial charge in [0.15, 0.2) is 0 Å². The van der Waals surface area contributed by atoms with Crippen LogP contribution in [0.2, 0.25) is 0 Å². The smallest absolute Gasteiger partial charge is 0.237 e. The van der Waals surface area contributed by atoms with Gasteiger partial charge in [-0.05, 0) is 19.8 Å². The van der Waals surface area contributed by atoms with Crippen molar-refractivity contribution in [3.8, 4) is 0 Å². The summed E-state index contributed by atoms with van der Waals surface area (Å²) >= 11 is 0. The largest absolute Gasteiger partial charge is 0.395 e. The molecule has 0 aromatic carbocycles. The van der Waals surface area contributed by atoms with Crippen molar-refractivity contribution >= 4 is 5.91 Å². The van der Waals surface area contributed by atoms with Crippen molar-refractivity contribution in [1.29, 1.82) is 0 Å². The molecule has 92 valence electrons. The molecule has 2 unspecified atom stereocenters. The molecule has 1 saturated heterocycles. The van der Waals surface area contributed by atoms with E-state index in [-0.39, 0.29) is 24.6 Å². The molecule has 5 nitrogen and oxygen atoms in total. The van der Waals surface area contributed by atoms with E-state index in [2.05, 4.69) is 5.32 Å². The predicted octanol–water partition coefficient (Wildman–Crippen LogP) is -0.653. The second-order valence-corrected chi connectivity index (χ2v) is 4.61. The zero-order valence-corrected chi connectivity index (χ0v) is 9.69. The molecular weight excluding hydrogens is 208 g/mol. The van der Waals surface area contributed by atoms with Crippen LogP contribution in [0.4, 0.5) is 0 Å². The number of nitrogens with one attached hydrogen (secondary N) is 1. The fourth-order valence-corrected chi connectivity index (χ4v) is 2.04. The molecule has 5 heteroatoms. The fraction of sp³-hybridized carbons (Fsp3) is 0.909. The molecule has 1 aliphatic carbocycles. The van der Waals surface area contributed by atoms with E-state index in [1.807, 2.05) is 11.8 Å². The number of aliphatic hydroxyl groups excluding tert-OH is 1. The summed E-state index contributed by atoms with van der Waals surface area (Å²) in [6.07, 6.45) is 2.20. The zero-order chi connectivity index (χ0) is 11.5. The van der Waals surface area contributed by atoms with Gasteiger partial charge in [0, 0.05) is 12.6 Å². The van der Waals surface area contributed by atoms with Gasteiger partial charge in [-0.3, -0.25) is 9.69 Å². The number of morpholine rings is 1. The maximum absolute atomic E-state index is 11.9. The Bertz CT molecular complexity index is 256. The Morgan fingerprint density at radius 1 is 1.62 bits per heavy atom. The molecule has 0 aromatic heterocycles. The topological polar surface area (TPSA) is 61.8 Å². The molecule has 1 aliphatic heterocycles. The first-order valence-electron chi connectivity index (χ1n) is 5.97. The maximum atomic E-state index is 11.9. The van der Waals surface area contributed by atoms with Gasteiger partial charge < -0.3 is 15.2 Å². The van der Waals surface area contributed by atoms with Crippen LogP contribution in [0.15, 0.2) is 0 Å². The van der Waals surface area contributed by atoms with Gasteiger partial charge in [-0.25, -0.2) is 0 Å². The number of ether oxygens (including phenoxy) is 1. The Morgan fingerprint density at radius 2 is 2.38 bits per heavy atom. The lowest BCUT2D eigenvalue weighted by atomic mass is 10.1. The van der Waals surface area contributed by atoms with Crippen molar-refractivity contribution in [2.45, 2.75) is 37.9 Å². The van der Waals surface area contributed by atoms with Gasteiger partial charge in [0.05, 0.1) is 31.9 Å². The SMILES string of the molecule is CC(C(=O)NC1CC1)N1CCOCC1CO. The number of hydrogen-bond acceptors (Lipinski definition) is 4. The summed E-state index contributed by atoms with van der Waals surface area (Å²) in [5.74, 6) is 0.0721. The molecule has 1 amide bonds. The Morgan fingerprint density at radius 3 is 3.00 bits per heavy atom. The van der Waals surface area contributed by atoms with Crippen LogP contribution in [-0.4, -0.2) is 60.4 Å². The molecular formula is C11H20N2O3. The minimum absolute atomic E-state index is 0.0427. The van der Waals surface area contributed by atoms with Crippen molar-refractivity contribution in [3.63, 3.8) is 0 Å². The van der Waals surface area contributed by atoms with E-state index < -0.39 is 0 Å². The summed E-state index contributed by atoms with van der Waals surface area (Å²) in [7, 11) is 0. The van der Waals surface area contributed by atoms with Crippen LogP contribution in [0, 0.1) is 0 Å². The van der Waals surface area contributed by atoms with Crippen LogP contribution in [-0.2, 0) is 9.53 Å². The lowest BCUT2D eigenvalue weighted by Crippen LogP contribution is -2.56. The van der Waals surface area contributed by atoms with Crippen LogP contribution >= 0.6 is 0 Å². The minimum Gasteiger partial charge on any atom is -0.395 e. The van der Waals surface area contributed by atoms with Gasteiger partial charge in [-0.15, -0.1) is 0 Å². The minimum atomic E-state index is -0.179. The number of amides is 1. The highest BCUT2D eigenvalue weighted by molar-refractivity contribution is 5.81. The van der Waals surface area contributed by atoms with E-state index in [1.54, 1.807) is 0 Å². The van der Waals surface area contributed by atoms with E-state index in [0.717, 1.165) is 12.8 Å². The van der Waals surface area contributed by atoms with Crippen LogP contribution in [0.3, 0.4) is 0 Å². The van der Waals surface area contributed by atoms with Gasteiger partial charge >= 0.3 is 0 Å². The highest BCUT2D eigenvalue weighted by atomic mass is 16.5. The molecule has 2 aliphatic rings. The van der Waals surface area contributed by atoms with Gasteiger partial charge in [0.2, 0.25) is 5.91 Å². The second-order valence-electron chi connectivity index (χ2n) is 4.61. The molecule has 0 radical (unpaired) electrons. The molecule has 1 saturated carbocycles. The molecule has 16 heavy (non-hydrogen) atoms. The van der Waals surface area contributed by atoms with Crippen LogP contribution < -0.4 is 5.32 Å².